The van der Waals surface area contributed by atoms with E-state index >= 15 is 0 Å². The molecule has 0 bridgehead atoms. The van der Waals surface area contributed by atoms with Gasteiger partial charge in [-0.1, -0.05) is 25.4 Å². The first-order chi connectivity index (χ1) is 10.1. The third-order valence-electron chi connectivity index (χ3n) is 3.43. The van der Waals surface area contributed by atoms with Crippen LogP contribution in [0.15, 0.2) is 30.5 Å². The zero-order chi connectivity index (χ0) is 15.0. The molecule has 1 aromatic carbocycles. The number of thioether (sulfide) groups is 1. The van der Waals surface area contributed by atoms with Crippen LogP contribution in [0.4, 0.5) is 5.82 Å². The largest absolute Gasteiger partial charge is 0.310 e. The number of hydrogen-bond acceptors (Lipinski definition) is 3. The molecular formula is C15H16ClN3OS. The van der Waals surface area contributed by atoms with E-state index in [0.29, 0.717) is 16.7 Å². The van der Waals surface area contributed by atoms with Crippen molar-refractivity contribution in [2.24, 2.45) is 5.92 Å². The highest BCUT2D eigenvalue weighted by Gasteiger charge is 2.28. The van der Waals surface area contributed by atoms with Crippen molar-refractivity contribution in [1.29, 1.82) is 0 Å². The minimum atomic E-state index is 0.0140. The van der Waals surface area contributed by atoms with Gasteiger partial charge in [0.25, 0.3) is 0 Å². The van der Waals surface area contributed by atoms with Gasteiger partial charge < -0.3 is 5.32 Å². The molecule has 1 amide bonds. The van der Waals surface area contributed by atoms with Gasteiger partial charge in [0, 0.05) is 15.8 Å². The number of hydrogen-bond donors (Lipinski definition) is 1. The Morgan fingerprint density at radius 3 is 2.76 bits per heavy atom. The smallest absolute Gasteiger partial charge is 0.235 e. The Bertz CT molecular complexity index is 666. The van der Waals surface area contributed by atoms with Crippen molar-refractivity contribution in [2.75, 3.05) is 11.1 Å². The van der Waals surface area contributed by atoms with Crippen molar-refractivity contribution in [3.05, 3.63) is 41.0 Å². The van der Waals surface area contributed by atoms with E-state index in [1.54, 1.807) is 16.4 Å². The van der Waals surface area contributed by atoms with E-state index in [4.69, 9.17) is 11.6 Å². The number of nitrogens with zero attached hydrogens (tertiary/aromatic N) is 2. The van der Waals surface area contributed by atoms with Crippen molar-refractivity contribution in [1.82, 2.24) is 9.78 Å². The molecule has 110 valence electrons. The fourth-order valence-electron chi connectivity index (χ4n) is 2.45. The number of rotatable bonds is 2. The van der Waals surface area contributed by atoms with Crippen molar-refractivity contribution in [3.63, 3.8) is 0 Å². The summed E-state index contributed by atoms with van der Waals surface area (Å²) in [6, 6.07) is 7.42. The highest BCUT2D eigenvalue weighted by Crippen LogP contribution is 2.42. The highest BCUT2D eigenvalue weighted by atomic mass is 35.5. The molecule has 0 fully saturated rings. The fourth-order valence-corrected chi connectivity index (χ4v) is 3.71. The maximum atomic E-state index is 12.0. The first-order valence-electron chi connectivity index (χ1n) is 6.81. The molecule has 0 spiro atoms. The van der Waals surface area contributed by atoms with Gasteiger partial charge in [0.15, 0.2) is 0 Å². The maximum Gasteiger partial charge on any atom is 0.235 e. The number of aromatic nitrogens is 2. The van der Waals surface area contributed by atoms with Gasteiger partial charge in [0.1, 0.15) is 5.82 Å². The summed E-state index contributed by atoms with van der Waals surface area (Å²) in [7, 11) is 0. The van der Waals surface area contributed by atoms with Gasteiger partial charge in [-0.05, 0) is 30.2 Å². The highest BCUT2D eigenvalue weighted by molar-refractivity contribution is 8.00. The Morgan fingerprint density at radius 2 is 2.10 bits per heavy atom. The summed E-state index contributed by atoms with van der Waals surface area (Å²) in [6.45, 7) is 4.33. The number of nitrogens with one attached hydrogen (secondary N) is 1. The number of benzene rings is 1. The summed E-state index contributed by atoms with van der Waals surface area (Å²) in [5, 5.41) is 8.37. The molecule has 6 heteroatoms. The lowest BCUT2D eigenvalue weighted by Gasteiger charge is -2.17. The number of anilines is 1. The van der Waals surface area contributed by atoms with Crippen LogP contribution in [0.25, 0.3) is 5.69 Å². The first-order valence-corrected chi connectivity index (χ1v) is 8.24. The van der Waals surface area contributed by atoms with E-state index in [9.17, 15) is 4.79 Å². The quantitative estimate of drug-likeness (QED) is 0.912. The molecule has 2 aromatic rings. The number of amides is 1. The normalized spacial score (nSPS) is 18.3. The average Bonchev–Trinajstić information content (AvgIpc) is 2.75. The molecule has 0 saturated carbocycles. The zero-order valence-corrected chi connectivity index (χ0v) is 13.4. The van der Waals surface area contributed by atoms with E-state index in [1.165, 1.54) is 0 Å². The van der Waals surface area contributed by atoms with E-state index in [0.717, 1.165) is 17.1 Å². The molecule has 2 heterocycles. The van der Waals surface area contributed by atoms with Crippen molar-refractivity contribution >= 4 is 35.1 Å². The summed E-state index contributed by atoms with van der Waals surface area (Å²) in [5.41, 5.74) is 1.96. The molecule has 0 saturated heterocycles. The second kappa shape index (κ2) is 5.73. The molecule has 1 atom stereocenters. The minimum Gasteiger partial charge on any atom is -0.310 e. The second-order valence-electron chi connectivity index (χ2n) is 5.36. The Balaban J connectivity index is 2.09. The van der Waals surface area contributed by atoms with Gasteiger partial charge >= 0.3 is 0 Å². The van der Waals surface area contributed by atoms with Gasteiger partial charge in [-0.25, -0.2) is 4.68 Å². The van der Waals surface area contributed by atoms with Crippen molar-refractivity contribution < 1.29 is 4.79 Å². The van der Waals surface area contributed by atoms with Crippen LogP contribution in [-0.2, 0) is 4.79 Å². The molecule has 3 rings (SSSR count). The van der Waals surface area contributed by atoms with Crippen LogP contribution in [0.2, 0.25) is 5.02 Å². The van der Waals surface area contributed by atoms with Crippen LogP contribution in [0.1, 0.15) is 24.7 Å². The van der Waals surface area contributed by atoms with Gasteiger partial charge in [0.2, 0.25) is 5.91 Å². The van der Waals surface area contributed by atoms with Gasteiger partial charge in [0.05, 0.1) is 17.6 Å². The summed E-state index contributed by atoms with van der Waals surface area (Å²) in [6.07, 6.45) is 1.85. The van der Waals surface area contributed by atoms with Gasteiger partial charge in [-0.3, -0.25) is 4.79 Å². The Kier molecular flexibility index (Phi) is 3.95. The molecule has 0 unspecified atom stereocenters. The lowest BCUT2D eigenvalue weighted by Crippen LogP contribution is -2.15. The molecule has 1 aliphatic heterocycles. The van der Waals surface area contributed by atoms with Crippen LogP contribution in [0, 0.1) is 5.92 Å². The molecule has 0 radical (unpaired) electrons. The Hall–Kier alpha value is -1.46. The summed E-state index contributed by atoms with van der Waals surface area (Å²) >= 11 is 7.60. The molecule has 0 aliphatic carbocycles. The van der Waals surface area contributed by atoms with Gasteiger partial charge in [-0.15, -0.1) is 11.8 Å². The molecule has 21 heavy (non-hydrogen) atoms. The standard InChI is InChI=1S/C15H16ClN3OS/c1-9(2)14-12-7-17-19(11-5-3-10(16)4-6-11)15(12)18-13(20)8-21-14/h3-7,9,14H,8H2,1-2H3,(H,18,20)/t14-/m0/s1. The summed E-state index contributed by atoms with van der Waals surface area (Å²) in [4.78, 5) is 12.0. The molecular weight excluding hydrogens is 306 g/mol. The van der Waals surface area contributed by atoms with Crippen molar-refractivity contribution in [3.8, 4) is 5.69 Å². The number of carbonyl (C=O) groups is 1. The predicted octanol–water partition coefficient (Wildman–Crippen LogP) is 3.91. The second-order valence-corrected chi connectivity index (χ2v) is 6.93. The maximum absolute atomic E-state index is 12.0. The SMILES string of the molecule is CC(C)[C@@H]1SCC(=O)Nc2c1cnn2-c1ccc(Cl)cc1. The minimum absolute atomic E-state index is 0.0140. The molecule has 4 nitrogen and oxygen atoms in total. The van der Waals surface area contributed by atoms with E-state index in [1.807, 2.05) is 30.5 Å². The van der Waals surface area contributed by atoms with Crippen LogP contribution < -0.4 is 5.32 Å². The lowest BCUT2D eigenvalue weighted by molar-refractivity contribution is -0.113. The number of carbonyl (C=O) groups excluding carboxylic acids is 1. The molecule has 1 aliphatic rings. The topological polar surface area (TPSA) is 46.9 Å². The zero-order valence-electron chi connectivity index (χ0n) is 11.8. The monoisotopic (exact) mass is 321 g/mol. The van der Waals surface area contributed by atoms with E-state index in [-0.39, 0.29) is 11.2 Å². The average molecular weight is 322 g/mol. The third kappa shape index (κ3) is 2.80. The van der Waals surface area contributed by atoms with Crippen LogP contribution in [0.5, 0.6) is 0 Å². The fraction of sp³-hybridized carbons (Fsp3) is 0.333. The summed E-state index contributed by atoms with van der Waals surface area (Å²) < 4.78 is 1.77. The Labute approximate surface area is 132 Å². The molecule has 1 N–H and O–H groups in total. The third-order valence-corrected chi connectivity index (χ3v) is 5.27. The Morgan fingerprint density at radius 1 is 1.38 bits per heavy atom. The van der Waals surface area contributed by atoms with E-state index in [2.05, 4.69) is 24.3 Å². The van der Waals surface area contributed by atoms with Gasteiger partial charge in [-0.2, -0.15) is 5.10 Å². The number of halogens is 1. The van der Waals surface area contributed by atoms with Crippen molar-refractivity contribution in [2.45, 2.75) is 19.1 Å². The number of fused-ring (bicyclic) bond motifs is 1. The van der Waals surface area contributed by atoms with E-state index < -0.39 is 0 Å². The predicted molar refractivity (Wildman–Crippen MR) is 87.2 cm³/mol. The lowest BCUT2D eigenvalue weighted by atomic mass is 10.0. The summed E-state index contributed by atoms with van der Waals surface area (Å²) in [5.74, 6) is 1.69. The van der Waals surface area contributed by atoms with Crippen LogP contribution in [-0.4, -0.2) is 21.4 Å². The van der Waals surface area contributed by atoms with Crippen LogP contribution in [0.3, 0.4) is 0 Å². The first kappa shape index (κ1) is 14.5. The molecule has 1 aromatic heterocycles. The van der Waals surface area contributed by atoms with Crippen LogP contribution >= 0.6 is 23.4 Å².